The molecule has 2 aliphatic heterocycles. The fraction of sp³-hybridized carbons (Fsp3) is 0.389. The lowest BCUT2D eigenvalue weighted by atomic mass is 9.98. The number of amides is 1. The fourth-order valence-electron chi connectivity index (χ4n) is 3.62. The number of carbonyl (C=O) groups excluding carboxylic acids is 1. The molecule has 1 atom stereocenters. The third-order valence-electron chi connectivity index (χ3n) is 4.90. The second kappa shape index (κ2) is 5.86. The molecule has 0 aliphatic carbocycles. The van der Waals surface area contributed by atoms with Gasteiger partial charge in [0.1, 0.15) is 0 Å². The molecule has 1 aromatic heterocycles. The first-order valence-electron chi connectivity index (χ1n) is 7.93. The molecule has 3 nitrogen and oxygen atoms in total. The fourth-order valence-corrected chi connectivity index (χ4v) is 4.25. The van der Waals surface area contributed by atoms with Crippen LogP contribution in [0.25, 0.3) is 0 Å². The normalized spacial score (nSPS) is 21.8. The summed E-state index contributed by atoms with van der Waals surface area (Å²) in [4.78, 5) is 17.0. The minimum atomic E-state index is 0.196. The van der Waals surface area contributed by atoms with Gasteiger partial charge in [0.2, 0.25) is 0 Å². The molecule has 1 fully saturated rings. The lowest BCUT2D eigenvalue weighted by Gasteiger charge is -2.33. The summed E-state index contributed by atoms with van der Waals surface area (Å²) < 4.78 is 0. The highest BCUT2D eigenvalue weighted by Crippen LogP contribution is 2.25. The van der Waals surface area contributed by atoms with Crippen LogP contribution >= 0.6 is 11.3 Å². The highest BCUT2D eigenvalue weighted by atomic mass is 32.1. The Balaban J connectivity index is 1.42. The van der Waals surface area contributed by atoms with Gasteiger partial charge < -0.3 is 4.90 Å². The molecular formula is C18H20N2OS. The van der Waals surface area contributed by atoms with Crippen LogP contribution in [0.4, 0.5) is 0 Å². The molecule has 1 amide bonds. The van der Waals surface area contributed by atoms with Crippen molar-refractivity contribution in [3.05, 3.63) is 57.8 Å². The predicted octanol–water partition coefficient (Wildman–Crippen LogP) is 3.02. The number of likely N-dealkylation sites (tertiary alicyclic amines) is 1. The van der Waals surface area contributed by atoms with Crippen molar-refractivity contribution in [1.29, 1.82) is 0 Å². The summed E-state index contributed by atoms with van der Waals surface area (Å²) in [6.07, 6.45) is 2.23. The van der Waals surface area contributed by atoms with Gasteiger partial charge in [-0.1, -0.05) is 24.3 Å². The molecule has 1 saturated heterocycles. The van der Waals surface area contributed by atoms with Crippen LogP contribution in [0.2, 0.25) is 0 Å². The van der Waals surface area contributed by atoms with E-state index < -0.39 is 0 Å². The summed E-state index contributed by atoms with van der Waals surface area (Å²) in [5.74, 6) is 0.196. The van der Waals surface area contributed by atoms with Crippen LogP contribution in [0.1, 0.15) is 27.9 Å². The second-order valence-electron chi connectivity index (χ2n) is 6.19. The monoisotopic (exact) mass is 312 g/mol. The quantitative estimate of drug-likeness (QED) is 0.851. The molecule has 3 heterocycles. The summed E-state index contributed by atoms with van der Waals surface area (Å²) in [6, 6.07) is 11.2. The largest absolute Gasteiger partial charge is 0.337 e. The lowest BCUT2D eigenvalue weighted by Crippen LogP contribution is -2.41. The SMILES string of the molecule is O=C(c1ccsc1)N1CC[C@H](N2CCc3ccccc3C2)C1. The zero-order valence-electron chi connectivity index (χ0n) is 12.6. The van der Waals surface area contributed by atoms with Gasteiger partial charge in [0.15, 0.2) is 0 Å². The van der Waals surface area contributed by atoms with E-state index in [1.807, 2.05) is 21.7 Å². The van der Waals surface area contributed by atoms with Gasteiger partial charge in [-0.3, -0.25) is 9.69 Å². The molecular weight excluding hydrogens is 292 g/mol. The van der Waals surface area contributed by atoms with Crippen LogP contribution in [0, 0.1) is 0 Å². The Hall–Kier alpha value is -1.65. The third-order valence-corrected chi connectivity index (χ3v) is 5.58. The van der Waals surface area contributed by atoms with Crippen LogP contribution in [-0.4, -0.2) is 41.4 Å². The van der Waals surface area contributed by atoms with E-state index in [1.54, 1.807) is 11.3 Å². The molecule has 22 heavy (non-hydrogen) atoms. The van der Waals surface area contributed by atoms with Crippen molar-refractivity contribution < 1.29 is 4.79 Å². The summed E-state index contributed by atoms with van der Waals surface area (Å²) >= 11 is 1.59. The second-order valence-corrected chi connectivity index (χ2v) is 6.97. The Labute approximate surface area is 135 Å². The van der Waals surface area contributed by atoms with Crippen molar-refractivity contribution in [2.75, 3.05) is 19.6 Å². The van der Waals surface area contributed by atoms with Gasteiger partial charge in [0.05, 0.1) is 5.56 Å². The van der Waals surface area contributed by atoms with Crippen LogP contribution in [0.5, 0.6) is 0 Å². The van der Waals surface area contributed by atoms with Gasteiger partial charge in [-0.15, -0.1) is 0 Å². The van der Waals surface area contributed by atoms with Gasteiger partial charge in [0.25, 0.3) is 5.91 Å². The first-order chi connectivity index (χ1) is 10.8. The number of rotatable bonds is 2. The first kappa shape index (κ1) is 14.0. The number of benzene rings is 1. The first-order valence-corrected chi connectivity index (χ1v) is 8.88. The van der Waals surface area contributed by atoms with Gasteiger partial charge in [-0.05, 0) is 35.4 Å². The van der Waals surface area contributed by atoms with E-state index in [1.165, 1.54) is 11.1 Å². The van der Waals surface area contributed by atoms with E-state index >= 15 is 0 Å². The van der Waals surface area contributed by atoms with E-state index in [-0.39, 0.29) is 5.91 Å². The van der Waals surface area contributed by atoms with Crippen LogP contribution in [0.15, 0.2) is 41.1 Å². The average Bonchev–Trinajstić information content (AvgIpc) is 3.25. The highest BCUT2D eigenvalue weighted by molar-refractivity contribution is 7.08. The Morgan fingerprint density at radius 1 is 1.14 bits per heavy atom. The van der Waals surface area contributed by atoms with Crippen LogP contribution in [-0.2, 0) is 13.0 Å². The van der Waals surface area contributed by atoms with Crippen molar-refractivity contribution in [3.63, 3.8) is 0 Å². The van der Waals surface area contributed by atoms with Gasteiger partial charge in [-0.25, -0.2) is 0 Å². The standard InChI is InChI=1S/C18H20N2OS/c21-18(16-7-10-22-13-16)20-9-6-17(12-20)19-8-5-14-3-1-2-4-15(14)11-19/h1-4,7,10,13,17H,5-6,8-9,11-12H2/t17-/m0/s1. The Kier molecular flexibility index (Phi) is 3.72. The summed E-state index contributed by atoms with van der Waals surface area (Å²) in [7, 11) is 0. The zero-order valence-corrected chi connectivity index (χ0v) is 13.4. The molecule has 4 rings (SSSR count). The van der Waals surface area contributed by atoms with Crippen molar-refractivity contribution in [1.82, 2.24) is 9.80 Å². The predicted molar refractivity (Wildman–Crippen MR) is 89.2 cm³/mol. The maximum absolute atomic E-state index is 12.4. The summed E-state index contributed by atoms with van der Waals surface area (Å²) in [6.45, 7) is 3.90. The lowest BCUT2D eigenvalue weighted by molar-refractivity contribution is 0.0774. The van der Waals surface area contributed by atoms with E-state index in [0.29, 0.717) is 6.04 Å². The number of fused-ring (bicyclic) bond motifs is 1. The molecule has 0 N–H and O–H groups in total. The highest BCUT2D eigenvalue weighted by Gasteiger charge is 2.32. The number of carbonyl (C=O) groups is 1. The Bertz CT molecular complexity index is 667. The van der Waals surface area contributed by atoms with Crippen molar-refractivity contribution in [2.45, 2.75) is 25.4 Å². The molecule has 2 aromatic rings. The molecule has 4 heteroatoms. The Morgan fingerprint density at radius 2 is 2.00 bits per heavy atom. The summed E-state index contributed by atoms with van der Waals surface area (Å²) in [5.41, 5.74) is 3.79. The van der Waals surface area contributed by atoms with Crippen molar-refractivity contribution in [3.8, 4) is 0 Å². The number of nitrogens with zero attached hydrogens (tertiary/aromatic N) is 2. The van der Waals surface area contributed by atoms with E-state index in [4.69, 9.17) is 0 Å². The minimum absolute atomic E-state index is 0.196. The molecule has 0 unspecified atom stereocenters. The molecule has 2 aliphatic rings. The van der Waals surface area contributed by atoms with Gasteiger partial charge >= 0.3 is 0 Å². The van der Waals surface area contributed by atoms with Crippen LogP contribution in [0.3, 0.4) is 0 Å². The average molecular weight is 312 g/mol. The zero-order chi connectivity index (χ0) is 14.9. The maximum atomic E-state index is 12.4. The summed E-state index contributed by atoms with van der Waals surface area (Å²) in [5, 5.41) is 3.93. The Morgan fingerprint density at radius 3 is 2.82 bits per heavy atom. The smallest absolute Gasteiger partial charge is 0.254 e. The molecule has 0 radical (unpaired) electrons. The molecule has 1 aromatic carbocycles. The molecule has 0 bridgehead atoms. The van der Waals surface area contributed by atoms with E-state index in [0.717, 1.165) is 44.6 Å². The van der Waals surface area contributed by atoms with Gasteiger partial charge in [0, 0.05) is 37.6 Å². The van der Waals surface area contributed by atoms with E-state index in [9.17, 15) is 4.79 Å². The maximum Gasteiger partial charge on any atom is 0.254 e. The van der Waals surface area contributed by atoms with Crippen LogP contribution < -0.4 is 0 Å². The topological polar surface area (TPSA) is 23.6 Å². The number of hydrogen-bond donors (Lipinski definition) is 0. The third kappa shape index (κ3) is 2.57. The molecule has 0 spiro atoms. The molecule has 114 valence electrons. The molecule has 0 saturated carbocycles. The van der Waals surface area contributed by atoms with E-state index in [2.05, 4.69) is 29.2 Å². The van der Waals surface area contributed by atoms with Crippen molar-refractivity contribution in [2.24, 2.45) is 0 Å². The minimum Gasteiger partial charge on any atom is -0.337 e. The number of thiophene rings is 1. The van der Waals surface area contributed by atoms with Crippen molar-refractivity contribution >= 4 is 17.2 Å². The number of hydrogen-bond acceptors (Lipinski definition) is 3. The van der Waals surface area contributed by atoms with Gasteiger partial charge in [-0.2, -0.15) is 11.3 Å².